The third-order valence-corrected chi connectivity index (χ3v) is 7.83. The Labute approximate surface area is 214 Å². The molecule has 37 heavy (non-hydrogen) atoms. The van der Waals surface area contributed by atoms with Crippen LogP contribution < -0.4 is 14.5 Å². The number of piperazine rings is 2. The predicted molar refractivity (Wildman–Crippen MR) is 134 cm³/mol. The summed E-state index contributed by atoms with van der Waals surface area (Å²) in [6, 6.07) is 11.5. The maximum Gasteiger partial charge on any atom is 0.416 e. The van der Waals surface area contributed by atoms with Gasteiger partial charge in [-0.1, -0.05) is 0 Å². The topological polar surface area (TPSA) is 56.3 Å². The minimum atomic E-state index is -4.44. The van der Waals surface area contributed by atoms with E-state index in [1.165, 1.54) is 13.0 Å². The Hall–Kier alpha value is -3.43. The number of methoxy groups -OCH3 is 1. The molecule has 0 saturated carbocycles. The largest absolute Gasteiger partial charge is 0.497 e. The van der Waals surface area contributed by atoms with Crippen LogP contribution in [0, 0.1) is 5.92 Å². The number of ether oxygens (including phenoxy) is 1. The van der Waals surface area contributed by atoms with Crippen molar-refractivity contribution in [2.24, 2.45) is 5.92 Å². The van der Waals surface area contributed by atoms with Crippen molar-refractivity contribution in [1.29, 1.82) is 0 Å². The Morgan fingerprint density at radius 1 is 0.919 bits per heavy atom. The van der Waals surface area contributed by atoms with Crippen molar-refractivity contribution >= 4 is 23.2 Å². The molecule has 7 nitrogen and oxygen atoms in total. The lowest BCUT2D eigenvalue weighted by Gasteiger charge is -2.50. The van der Waals surface area contributed by atoms with Gasteiger partial charge >= 0.3 is 6.18 Å². The van der Waals surface area contributed by atoms with Gasteiger partial charge in [-0.25, -0.2) is 0 Å². The molecule has 0 bridgehead atoms. The molecule has 0 N–H and O–H groups in total. The van der Waals surface area contributed by atoms with Crippen LogP contribution in [-0.4, -0.2) is 80.6 Å². The van der Waals surface area contributed by atoms with Gasteiger partial charge in [-0.15, -0.1) is 0 Å². The summed E-state index contributed by atoms with van der Waals surface area (Å²) in [7, 11) is 1.61. The molecule has 2 aromatic carbocycles. The molecule has 2 atom stereocenters. The first kappa shape index (κ1) is 25.2. The summed E-state index contributed by atoms with van der Waals surface area (Å²) in [5, 5.41) is 0. The average molecular weight is 517 g/mol. The normalized spacial score (nSPS) is 21.9. The Morgan fingerprint density at radius 2 is 1.59 bits per heavy atom. The van der Waals surface area contributed by atoms with Crippen LogP contribution in [-0.2, 0) is 22.2 Å². The van der Waals surface area contributed by atoms with Gasteiger partial charge in [0.2, 0.25) is 11.8 Å². The summed E-state index contributed by atoms with van der Waals surface area (Å²) in [4.78, 5) is 33.4. The molecule has 5 rings (SSSR count). The lowest BCUT2D eigenvalue weighted by atomic mass is 9.82. The number of rotatable bonds is 3. The second-order valence-corrected chi connectivity index (χ2v) is 9.89. The molecule has 0 aliphatic carbocycles. The molecule has 3 heterocycles. The summed E-state index contributed by atoms with van der Waals surface area (Å²) in [5.74, 6) is 0.193. The first-order valence-electron chi connectivity index (χ1n) is 12.6. The number of amides is 2. The Balaban J connectivity index is 1.44. The van der Waals surface area contributed by atoms with Crippen molar-refractivity contribution in [3.8, 4) is 5.75 Å². The molecule has 10 heteroatoms. The van der Waals surface area contributed by atoms with Gasteiger partial charge in [-0.2, -0.15) is 13.2 Å². The van der Waals surface area contributed by atoms with Gasteiger partial charge in [-0.3, -0.25) is 9.59 Å². The monoisotopic (exact) mass is 516 g/mol. The van der Waals surface area contributed by atoms with Crippen LogP contribution in [0.1, 0.15) is 18.1 Å². The maximum atomic E-state index is 13.8. The summed E-state index contributed by atoms with van der Waals surface area (Å²) in [6.07, 6.45) is -4.19. The quantitative estimate of drug-likeness (QED) is 0.627. The van der Waals surface area contributed by atoms with Crippen LogP contribution >= 0.6 is 0 Å². The van der Waals surface area contributed by atoms with Crippen molar-refractivity contribution in [2.75, 3.05) is 62.7 Å². The van der Waals surface area contributed by atoms with Crippen molar-refractivity contribution in [3.63, 3.8) is 0 Å². The molecular weight excluding hydrogens is 485 g/mol. The predicted octanol–water partition coefficient (Wildman–Crippen LogP) is 3.27. The van der Waals surface area contributed by atoms with Crippen LogP contribution in [0.15, 0.2) is 42.5 Å². The minimum Gasteiger partial charge on any atom is -0.497 e. The molecule has 0 aromatic heterocycles. The number of carbonyl (C=O) groups is 2. The Bertz CT molecular complexity index is 1160. The summed E-state index contributed by atoms with van der Waals surface area (Å²) in [5.41, 5.74) is 1.66. The minimum absolute atomic E-state index is 0.0213. The zero-order valence-corrected chi connectivity index (χ0v) is 21.0. The van der Waals surface area contributed by atoms with Gasteiger partial charge in [0.05, 0.1) is 24.6 Å². The number of benzene rings is 2. The van der Waals surface area contributed by atoms with Gasteiger partial charge in [0.25, 0.3) is 0 Å². The number of anilines is 2. The number of fused-ring (bicyclic) bond motifs is 3. The van der Waals surface area contributed by atoms with E-state index in [0.717, 1.165) is 23.2 Å². The molecule has 3 aliphatic rings. The zero-order chi connectivity index (χ0) is 26.3. The lowest BCUT2D eigenvalue weighted by molar-refractivity contribution is -0.142. The number of nitrogens with zero attached hydrogens (tertiary/aromatic N) is 4. The number of carbonyl (C=O) groups excluding carboxylic acids is 2. The van der Waals surface area contributed by atoms with Gasteiger partial charge in [0, 0.05) is 64.1 Å². The molecule has 0 unspecified atom stereocenters. The summed E-state index contributed by atoms with van der Waals surface area (Å²) in [6.45, 7) is 5.17. The van der Waals surface area contributed by atoms with Crippen molar-refractivity contribution in [1.82, 2.24) is 9.80 Å². The molecule has 2 fully saturated rings. The third-order valence-electron chi connectivity index (χ3n) is 7.83. The lowest BCUT2D eigenvalue weighted by Crippen LogP contribution is -2.62. The molecule has 198 valence electrons. The van der Waals surface area contributed by atoms with E-state index in [4.69, 9.17) is 4.74 Å². The van der Waals surface area contributed by atoms with E-state index >= 15 is 0 Å². The Kier molecular flexibility index (Phi) is 6.68. The highest BCUT2D eigenvalue weighted by molar-refractivity contribution is 5.83. The number of halogens is 3. The molecule has 0 spiro atoms. The first-order valence-corrected chi connectivity index (χ1v) is 12.6. The fourth-order valence-corrected chi connectivity index (χ4v) is 5.79. The van der Waals surface area contributed by atoms with E-state index in [1.54, 1.807) is 23.0 Å². The van der Waals surface area contributed by atoms with E-state index < -0.39 is 17.7 Å². The van der Waals surface area contributed by atoms with E-state index in [2.05, 4.69) is 9.80 Å². The highest BCUT2D eigenvalue weighted by atomic mass is 19.4. The zero-order valence-electron chi connectivity index (χ0n) is 21.0. The second-order valence-electron chi connectivity index (χ2n) is 9.89. The van der Waals surface area contributed by atoms with Crippen molar-refractivity contribution in [3.05, 3.63) is 53.6 Å². The molecule has 2 aromatic rings. The fourth-order valence-electron chi connectivity index (χ4n) is 5.79. The highest BCUT2D eigenvalue weighted by Crippen LogP contribution is 2.41. The summed E-state index contributed by atoms with van der Waals surface area (Å²) < 4.78 is 45.8. The van der Waals surface area contributed by atoms with E-state index in [0.29, 0.717) is 51.4 Å². The Morgan fingerprint density at radius 3 is 2.22 bits per heavy atom. The third kappa shape index (κ3) is 4.93. The van der Waals surface area contributed by atoms with E-state index in [9.17, 15) is 22.8 Å². The highest BCUT2D eigenvalue weighted by Gasteiger charge is 2.44. The SMILES string of the molecule is COc1ccc(N2CCN3c4ccc(C(F)(F)F)cc4C[C@H](C(=O)N4CCN(C(C)=O)CC4)[C@@H]3C2)cc1. The number of hydrogen-bond acceptors (Lipinski definition) is 5. The second kappa shape index (κ2) is 9.79. The average Bonchev–Trinajstić information content (AvgIpc) is 2.91. The van der Waals surface area contributed by atoms with Crippen LogP contribution in [0.2, 0.25) is 0 Å². The maximum absolute atomic E-state index is 13.8. The molecule has 3 aliphatic heterocycles. The molecule has 2 amide bonds. The number of hydrogen-bond donors (Lipinski definition) is 0. The van der Waals surface area contributed by atoms with Crippen molar-refractivity contribution < 1.29 is 27.5 Å². The van der Waals surface area contributed by atoms with E-state index in [1.807, 2.05) is 24.3 Å². The van der Waals surface area contributed by atoms with Crippen LogP contribution in [0.5, 0.6) is 5.75 Å². The van der Waals surface area contributed by atoms with Gasteiger partial charge in [-0.05, 0) is 54.4 Å². The van der Waals surface area contributed by atoms with Crippen LogP contribution in [0.4, 0.5) is 24.5 Å². The number of alkyl halides is 3. The molecular formula is C27H31F3N4O3. The van der Waals surface area contributed by atoms with Gasteiger partial charge in [0.15, 0.2) is 0 Å². The smallest absolute Gasteiger partial charge is 0.416 e. The van der Waals surface area contributed by atoms with Gasteiger partial charge < -0.3 is 24.3 Å². The molecule has 0 radical (unpaired) electrons. The fraction of sp³-hybridized carbons (Fsp3) is 0.481. The van der Waals surface area contributed by atoms with Crippen molar-refractivity contribution in [2.45, 2.75) is 25.6 Å². The van der Waals surface area contributed by atoms with Gasteiger partial charge in [0.1, 0.15) is 5.75 Å². The summed E-state index contributed by atoms with van der Waals surface area (Å²) >= 11 is 0. The van der Waals surface area contributed by atoms with E-state index in [-0.39, 0.29) is 24.3 Å². The standard InChI is InChI=1S/C27H31F3N4O3/c1-18(35)31-9-11-32(12-10-31)26(36)23-16-19-15-20(27(28,29)30)3-8-24(19)34-14-13-33(17-25(23)34)21-4-6-22(37-2)7-5-21/h3-8,15,23,25H,9-14,16-17H2,1-2H3/t23-,25-/m0/s1. The van der Waals surface area contributed by atoms with Crippen LogP contribution in [0.3, 0.4) is 0 Å². The first-order chi connectivity index (χ1) is 17.7. The molecule has 2 saturated heterocycles. The van der Waals surface area contributed by atoms with Crippen LogP contribution in [0.25, 0.3) is 0 Å².